The Morgan fingerprint density at radius 3 is 2.71 bits per heavy atom. The molecular formula is C17H22N2O2. The third kappa shape index (κ3) is 2.31. The van der Waals surface area contributed by atoms with E-state index >= 15 is 0 Å². The summed E-state index contributed by atoms with van der Waals surface area (Å²) in [6, 6.07) is 10.2. The standard InChI is InChI=1S/C17H22N2O2/c1-2-19-9-7-17(20,8-10-19)16(12-18)11-14-5-3-4-6-15(14)21-13-16/h3-6,20H,2,7-11,13H2,1H3. The van der Waals surface area contributed by atoms with Crippen LogP contribution in [0.1, 0.15) is 25.3 Å². The molecule has 1 aromatic carbocycles. The second-order valence-electron chi connectivity index (χ2n) is 6.23. The van der Waals surface area contributed by atoms with Crippen molar-refractivity contribution in [3.05, 3.63) is 29.8 Å². The van der Waals surface area contributed by atoms with Gasteiger partial charge in [-0.05, 0) is 31.0 Å². The minimum Gasteiger partial charge on any atom is -0.492 e. The summed E-state index contributed by atoms with van der Waals surface area (Å²) in [6.45, 7) is 5.10. The first-order valence-corrected chi connectivity index (χ1v) is 7.69. The molecule has 2 aliphatic rings. The van der Waals surface area contributed by atoms with Gasteiger partial charge in [-0.25, -0.2) is 0 Å². The molecule has 4 nitrogen and oxygen atoms in total. The molecule has 112 valence electrons. The van der Waals surface area contributed by atoms with Crippen LogP contribution in [-0.2, 0) is 6.42 Å². The van der Waals surface area contributed by atoms with Crippen LogP contribution in [0.25, 0.3) is 0 Å². The monoisotopic (exact) mass is 286 g/mol. The minimum absolute atomic E-state index is 0.281. The van der Waals surface area contributed by atoms with Gasteiger partial charge in [0.05, 0.1) is 11.7 Å². The number of ether oxygens (including phenoxy) is 1. The quantitative estimate of drug-likeness (QED) is 0.903. The smallest absolute Gasteiger partial charge is 0.124 e. The molecule has 1 fully saturated rings. The van der Waals surface area contributed by atoms with Crippen molar-refractivity contribution in [1.29, 1.82) is 5.26 Å². The summed E-state index contributed by atoms with van der Waals surface area (Å²) in [5, 5.41) is 21.0. The second-order valence-corrected chi connectivity index (χ2v) is 6.23. The fraction of sp³-hybridized carbons (Fsp3) is 0.588. The molecule has 0 saturated carbocycles. The third-order valence-electron chi connectivity index (χ3n) is 5.17. The summed E-state index contributed by atoms with van der Waals surface area (Å²) < 4.78 is 5.81. The normalized spacial score (nSPS) is 28.2. The number of hydrogen-bond donors (Lipinski definition) is 1. The van der Waals surface area contributed by atoms with Gasteiger partial charge in [-0.2, -0.15) is 5.26 Å². The van der Waals surface area contributed by atoms with Crippen LogP contribution < -0.4 is 4.74 Å². The van der Waals surface area contributed by atoms with Crippen LogP contribution in [0.2, 0.25) is 0 Å². The molecule has 1 aromatic rings. The maximum Gasteiger partial charge on any atom is 0.124 e. The Morgan fingerprint density at radius 2 is 2.05 bits per heavy atom. The molecular weight excluding hydrogens is 264 g/mol. The lowest BCUT2D eigenvalue weighted by Gasteiger charge is -2.48. The van der Waals surface area contributed by atoms with Crippen molar-refractivity contribution in [1.82, 2.24) is 4.90 Å². The number of aliphatic hydroxyl groups is 1. The van der Waals surface area contributed by atoms with Gasteiger partial charge in [-0.1, -0.05) is 25.1 Å². The molecule has 3 rings (SSSR count). The van der Waals surface area contributed by atoms with Gasteiger partial charge in [-0.3, -0.25) is 0 Å². The number of nitrogens with zero attached hydrogens (tertiary/aromatic N) is 2. The highest BCUT2D eigenvalue weighted by molar-refractivity contribution is 5.38. The topological polar surface area (TPSA) is 56.5 Å². The van der Waals surface area contributed by atoms with E-state index in [0.717, 1.165) is 30.9 Å². The van der Waals surface area contributed by atoms with Crippen molar-refractivity contribution >= 4 is 0 Å². The molecule has 2 heterocycles. The van der Waals surface area contributed by atoms with Crippen molar-refractivity contribution in [2.75, 3.05) is 26.2 Å². The molecule has 0 aliphatic carbocycles. The Balaban J connectivity index is 1.87. The predicted octanol–water partition coefficient (Wildman–Crippen LogP) is 1.98. The summed E-state index contributed by atoms with van der Waals surface area (Å²) in [4.78, 5) is 2.32. The molecule has 21 heavy (non-hydrogen) atoms. The Bertz CT molecular complexity index is 558. The maximum atomic E-state index is 11.2. The first-order valence-electron chi connectivity index (χ1n) is 7.69. The first-order chi connectivity index (χ1) is 10.1. The zero-order valence-electron chi connectivity index (χ0n) is 12.5. The lowest BCUT2D eigenvalue weighted by atomic mass is 9.64. The lowest BCUT2D eigenvalue weighted by Crippen LogP contribution is -2.58. The SMILES string of the molecule is CCN1CCC(O)(C2(C#N)COc3ccccc3C2)CC1. The van der Waals surface area contributed by atoms with Gasteiger partial charge < -0.3 is 14.7 Å². The molecule has 0 amide bonds. The van der Waals surface area contributed by atoms with Crippen LogP contribution in [-0.4, -0.2) is 41.8 Å². The van der Waals surface area contributed by atoms with Gasteiger partial charge >= 0.3 is 0 Å². The molecule has 1 N–H and O–H groups in total. The number of nitriles is 1. The molecule has 1 unspecified atom stereocenters. The number of fused-ring (bicyclic) bond motifs is 1. The van der Waals surface area contributed by atoms with Crippen LogP contribution in [0, 0.1) is 16.7 Å². The number of likely N-dealkylation sites (tertiary alicyclic amines) is 1. The number of piperidine rings is 1. The molecule has 0 bridgehead atoms. The highest BCUT2D eigenvalue weighted by Gasteiger charge is 2.54. The van der Waals surface area contributed by atoms with Gasteiger partial charge in [0.15, 0.2) is 0 Å². The van der Waals surface area contributed by atoms with E-state index < -0.39 is 11.0 Å². The summed E-state index contributed by atoms with van der Waals surface area (Å²) in [5.74, 6) is 0.845. The largest absolute Gasteiger partial charge is 0.492 e. The van der Waals surface area contributed by atoms with E-state index in [1.807, 2.05) is 24.3 Å². The average Bonchev–Trinajstić information content (AvgIpc) is 2.55. The van der Waals surface area contributed by atoms with Gasteiger partial charge in [0.25, 0.3) is 0 Å². The van der Waals surface area contributed by atoms with E-state index in [0.29, 0.717) is 19.3 Å². The van der Waals surface area contributed by atoms with Gasteiger partial charge in [-0.15, -0.1) is 0 Å². The second kappa shape index (κ2) is 5.32. The van der Waals surface area contributed by atoms with Gasteiger partial charge in [0.1, 0.15) is 17.8 Å². The first kappa shape index (κ1) is 14.4. The van der Waals surface area contributed by atoms with E-state index in [1.54, 1.807) is 0 Å². The van der Waals surface area contributed by atoms with Gasteiger partial charge in [0, 0.05) is 19.5 Å². The molecule has 2 aliphatic heterocycles. The third-order valence-corrected chi connectivity index (χ3v) is 5.17. The molecule has 1 saturated heterocycles. The molecule has 0 spiro atoms. The molecule has 0 aromatic heterocycles. The Labute approximate surface area is 125 Å². The number of para-hydroxylation sites is 1. The summed E-state index contributed by atoms with van der Waals surface area (Å²) >= 11 is 0. The Morgan fingerprint density at radius 1 is 1.33 bits per heavy atom. The molecule has 1 atom stereocenters. The molecule has 0 radical (unpaired) electrons. The summed E-state index contributed by atoms with van der Waals surface area (Å²) in [7, 11) is 0. The van der Waals surface area contributed by atoms with E-state index in [1.165, 1.54) is 0 Å². The van der Waals surface area contributed by atoms with E-state index in [4.69, 9.17) is 4.74 Å². The summed E-state index contributed by atoms with van der Waals surface area (Å²) in [6.07, 6.45) is 1.85. The zero-order chi connectivity index (χ0) is 14.9. The predicted molar refractivity (Wildman–Crippen MR) is 80.0 cm³/mol. The number of rotatable bonds is 2. The van der Waals surface area contributed by atoms with Crippen molar-refractivity contribution in [2.45, 2.75) is 31.8 Å². The highest BCUT2D eigenvalue weighted by Crippen LogP contribution is 2.46. The van der Waals surface area contributed by atoms with E-state index in [-0.39, 0.29) is 6.61 Å². The maximum absolute atomic E-state index is 11.2. The van der Waals surface area contributed by atoms with Crippen molar-refractivity contribution < 1.29 is 9.84 Å². The number of hydrogen-bond acceptors (Lipinski definition) is 4. The number of benzene rings is 1. The highest BCUT2D eigenvalue weighted by atomic mass is 16.5. The Kier molecular flexibility index (Phi) is 3.64. The van der Waals surface area contributed by atoms with Crippen molar-refractivity contribution in [3.63, 3.8) is 0 Å². The summed E-state index contributed by atoms with van der Waals surface area (Å²) in [5.41, 5.74) is -0.765. The van der Waals surface area contributed by atoms with Crippen molar-refractivity contribution in [2.24, 2.45) is 5.41 Å². The van der Waals surface area contributed by atoms with E-state index in [2.05, 4.69) is 17.9 Å². The van der Waals surface area contributed by atoms with Crippen LogP contribution >= 0.6 is 0 Å². The van der Waals surface area contributed by atoms with Crippen molar-refractivity contribution in [3.8, 4) is 11.8 Å². The Hall–Kier alpha value is -1.57. The lowest BCUT2D eigenvalue weighted by molar-refractivity contribution is -0.114. The zero-order valence-corrected chi connectivity index (χ0v) is 12.5. The van der Waals surface area contributed by atoms with E-state index in [9.17, 15) is 10.4 Å². The minimum atomic E-state index is -0.957. The fourth-order valence-electron chi connectivity index (χ4n) is 3.56. The van der Waals surface area contributed by atoms with Crippen LogP contribution in [0.4, 0.5) is 0 Å². The van der Waals surface area contributed by atoms with Gasteiger partial charge in [0.2, 0.25) is 0 Å². The average molecular weight is 286 g/mol. The van der Waals surface area contributed by atoms with Crippen LogP contribution in [0.5, 0.6) is 5.75 Å². The van der Waals surface area contributed by atoms with Crippen LogP contribution in [0.15, 0.2) is 24.3 Å². The van der Waals surface area contributed by atoms with Crippen LogP contribution in [0.3, 0.4) is 0 Å². The fourth-order valence-corrected chi connectivity index (χ4v) is 3.56. The molecule has 4 heteroatoms.